The molecule has 0 unspecified atom stereocenters. The molecule has 0 saturated heterocycles. The van der Waals surface area contributed by atoms with Crippen molar-refractivity contribution < 1.29 is 4.79 Å². The predicted molar refractivity (Wildman–Crippen MR) is 65.1 cm³/mol. The van der Waals surface area contributed by atoms with Crippen LogP contribution in [0.2, 0.25) is 0 Å². The Kier molecular flexibility index (Phi) is 3.40. The first-order valence-electron chi connectivity index (χ1n) is 5.72. The zero-order valence-corrected chi connectivity index (χ0v) is 10.7. The number of hydrogen-bond donors (Lipinski definition) is 2. The van der Waals surface area contributed by atoms with Crippen molar-refractivity contribution in [2.24, 2.45) is 7.05 Å². The maximum Gasteiger partial charge on any atom is 0.255 e. The predicted octanol–water partition coefficient (Wildman–Crippen LogP) is 0.128. The first-order chi connectivity index (χ1) is 8.58. The van der Waals surface area contributed by atoms with E-state index in [1.807, 2.05) is 14.0 Å². The van der Waals surface area contributed by atoms with Gasteiger partial charge >= 0.3 is 0 Å². The highest BCUT2D eigenvalue weighted by Crippen LogP contribution is 2.08. The third kappa shape index (κ3) is 2.55. The molecule has 2 rings (SSSR count). The average Bonchev–Trinajstić information content (AvgIpc) is 2.86. The van der Waals surface area contributed by atoms with Gasteiger partial charge in [-0.25, -0.2) is 4.98 Å². The van der Waals surface area contributed by atoms with E-state index in [-0.39, 0.29) is 5.91 Å². The molecule has 0 aliphatic heterocycles. The van der Waals surface area contributed by atoms with E-state index in [0.717, 1.165) is 11.5 Å². The summed E-state index contributed by atoms with van der Waals surface area (Å²) in [6.45, 7) is 4.14. The molecule has 96 valence electrons. The van der Waals surface area contributed by atoms with Crippen molar-refractivity contribution >= 4 is 5.91 Å². The van der Waals surface area contributed by atoms with E-state index in [2.05, 4.69) is 25.6 Å². The Morgan fingerprint density at radius 2 is 2.28 bits per heavy atom. The number of hydrogen-bond acceptors (Lipinski definition) is 4. The normalized spacial score (nSPS) is 10.6. The fraction of sp³-hybridized carbons (Fsp3) is 0.455. The molecule has 0 bridgehead atoms. The number of carbonyl (C=O) groups excluding carboxylic acids is 1. The lowest BCUT2D eigenvalue weighted by Gasteiger charge is -2.03. The van der Waals surface area contributed by atoms with Crippen LogP contribution in [0.4, 0.5) is 0 Å². The molecule has 0 radical (unpaired) electrons. The number of nitrogens with zero attached hydrogens (tertiary/aromatic N) is 4. The van der Waals surface area contributed by atoms with Crippen LogP contribution in [0.1, 0.15) is 27.6 Å². The molecule has 18 heavy (non-hydrogen) atoms. The Morgan fingerprint density at radius 1 is 1.50 bits per heavy atom. The third-order valence-electron chi connectivity index (χ3n) is 2.64. The van der Waals surface area contributed by atoms with Crippen molar-refractivity contribution in [1.29, 1.82) is 0 Å². The van der Waals surface area contributed by atoms with E-state index >= 15 is 0 Å². The number of carbonyl (C=O) groups is 1. The molecular weight excluding hydrogens is 232 g/mol. The van der Waals surface area contributed by atoms with Gasteiger partial charge in [-0.2, -0.15) is 10.2 Å². The van der Waals surface area contributed by atoms with Gasteiger partial charge < -0.3 is 5.32 Å². The summed E-state index contributed by atoms with van der Waals surface area (Å²) in [4.78, 5) is 16.0. The third-order valence-corrected chi connectivity index (χ3v) is 2.64. The lowest BCUT2D eigenvalue weighted by molar-refractivity contribution is 0.0953. The SMILES string of the molecule is Cc1n[nH]c(C)c1C(=O)NCCc1ncn(C)n1. The minimum absolute atomic E-state index is 0.116. The number of aryl methyl sites for hydroxylation is 3. The van der Waals surface area contributed by atoms with E-state index in [1.165, 1.54) is 0 Å². The van der Waals surface area contributed by atoms with Crippen molar-refractivity contribution in [1.82, 2.24) is 30.3 Å². The summed E-state index contributed by atoms with van der Waals surface area (Å²) >= 11 is 0. The summed E-state index contributed by atoms with van der Waals surface area (Å²) in [5.41, 5.74) is 2.10. The number of H-pyrrole nitrogens is 1. The van der Waals surface area contributed by atoms with Crippen LogP contribution in [0.3, 0.4) is 0 Å². The maximum atomic E-state index is 11.9. The molecule has 2 heterocycles. The average molecular weight is 248 g/mol. The second-order valence-electron chi connectivity index (χ2n) is 4.15. The Labute approximate surface area is 105 Å². The Morgan fingerprint density at radius 3 is 2.83 bits per heavy atom. The van der Waals surface area contributed by atoms with Gasteiger partial charge in [0.2, 0.25) is 0 Å². The standard InChI is InChI=1S/C11H16N6O/c1-7-10(8(2)15-14-7)11(18)12-5-4-9-13-6-17(3)16-9/h6H,4-5H2,1-3H3,(H,12,18)(H,14,15). The molecule has 7 nitrogen and oxygen atoms in total. The number of amides is 1. The van der Waals surface area contributed by atoms with Crippen molar-refractivity contribution in [3.05, 3.63) is 29.1 Å². The summed E-state index contributed by atoms with van der Waals surface area (Å²) < 4.78 is 1.64. The van der Waals surface area contributed by atoms with E-state index in [1.54, 1.807) is 17.9 Å². The van der Waals surface area contributed by atoms with Crippen LogP contribution in [0.5, 0.6) is 0 Å². The van der Waals surface area contributed by atoms with Crippen LogP contribution < -0.4 is 5.32 Å². The van der Waals surface area contributed by atoms with Gasteiger partial charge in [0.05, 0.1) is 11.3 Å². The van der Waals surface area contributed by atoms with Crippen LogP contribution in [0.15, 0.2) is 6.33 Å². The molecule has 0 spiro atoms. The van der Waals surface area contributed by atoms with Crippen LogP contribution in [-0.4, -0.2) is 37.4 Å². The topological polar surface area (TPSA) is 88.5 Å². The lowest BCUT2D eigenvalue weighted by Crippen LogP contribution is -2.26. The number of nitrogens with one attached hydrogen (secondary N) is 2. The molecule has 1 amide bonds. The summed E-state index contributed by atoms with van der Waals surface area (Å²) in [6.07, 6.45) is 2.25. The lowest BCUT2D eigenvalue weighted by atomic mass is 10.2. The second-order valence-corrected chi connectivity index (χ2v) is 4.15. The molecule has 2 N–H and O–H groups in total. The van der Waals surface area contributed by atoms with Gasteiger partial charge in [0, 0.05) is 25.7 Å². The van der Waals surface area contributed by atoms with Gasteiger partial charge in [-0.15, -0.1) is 0 Å². The van der Waals surface area contributed by atoms with Crippen molar-refractivity contribution in [3.8, 4) is 0 Å². The highest BCUT2D eigenvalue weighted by molar-refractivity contribution is 5.96. The van der Waals surface area contributed by atoms with Gasteiger partial charge in [-0.1, -0.05) is 0 Å². The molecule has 0 saturated carbocycles. The first-order valence-corrected chi connectivity index (χ1v) is 5.72. The Hall–Kier alpha value is -2.18. The first kappa shape index (κ1) is 12.3. The quantitative estimate of drug-likeness (QED) is 0.804. The van der Waals surface area contributed by atoms with Gasteiger partial charge in [0.1, 0.15) is 6.33 Å². The molecule has 0 fully saturated rings. The Bertz CT molecular complexity index is 536. The smallest absolute Gasteiger partial charge is 0.255 e. The summed E-state index contributed by atoms with van der Waals surface area (Å²) in [7, 11) is 1.81. The molecule has 0 aliphatic carbocycles. The van der Waals surface area contributed by atoms with Crippen LogP contribution in [-0.2, 0) is 13.5 Å². The van der Waals surface area contributed by atoms with Gasteiger partial charge in [-0.05, 0) is 13.8 Å². The van der Waals surface area contributed by atoms with Crippen molar-refractivity contribution in [3.63, 3.8) is 0 Å². The summed E-state index contributed by atoms with van der Waals surface area (Å²) in [5, 5.41) is 13.8. The number of aromatic nitrogens is 5. The van der Waals surface area contributed by atoms with E-state index in [9.17, 15) is 4.79 Å². The Balaban J connectivity index is 1.89. The zero-order valence-electron chi connectivity index (χ0n) is 10.7. The largest absolute Gasteiger partial charge is 0.351 e. The summed E-state index contributed by atoms with van der Waals surface area (Å²) in [6, 6.07) is 0. The molecule has 0 aliphatic rings. The molecule has 7 heteroatoms. The van der Waals surface area contributed by atoms with Crippen molar-refractivity contribution in [2.45, 2.75) is 20.3 Å². The molecule has 2 aromatic rings. The highest BCUT2D eigenvalue weighted by Gasteiger charge is 2.14. The molecule has 0 atom stereocenters. The zero-order chi connectivity index (χ0) is 13.1. The van der Waals surface area contributed by atoms with Crippen LogP contribution >= 0.6 is 0 Å². The minimum Gasteiger partial charge on any atom is -0.351 e. The van der Waals surface area contributed by atoms with Crippen molar-refractivity contribution in [2.75, 3.05) is 6.54 Å². The van der Waals surface area contributed by atoms with E-state index in [0.29, 0.717) is 24.2 Å². The minimum atomic E-state index is -0.116. The van der Waals surface area contributed by atoms with E-state index < -0.39 is 0 Å². The fourth-order valence-corrected chi connectivity index (χ4v) is 1.76. The van der Waals surface area contributed by atoms with Crippen LogP contribution in [0, 0.1) is 13.8 Å². The second kappa shape index (κ2) is 4.99. The summed E-state index contributed by atoms with van der Waals surface area (Å²) in [5.74, 6) is 0.605. The fourth-order valence-electron chi connectivity index (χ4n) is 1.76. The monoisotopic (exact) mass is 248 g/mol. The van der Waals surface area contributed by atoms with Gasteiger partial charge in [-0.3, -0.25) is 14.6 Å². The number of aromatic amines is 1. The van der Waals surface area contributed by atoms with Gasteiger partial charge in [0.25, 0.3) is 5.91 Å². The van der Waals surface area contributed by atoms with E-state index in [4.69, 9.17) is 0 Å². The maximum absolute atomic E-state index is 11.9. The number of rotatable bonds is 4. The van der Waals surface area contributed by atoms with Crippen LogP contribution in [0.25, 0.3) is 0 Å². The van der Waals surface area contributed by atoms with Gasteiger partial charge in [0.15, 0.2) is 5.82 Å². The highest BCUT2D eigenvalue weighted by atomic mass is 16.1. The molecular formula is C11H16N6O. The molecule has 2 aromatic heterocycles. The molecule has 0 aromatic carbocycles.